The lowest BCUT2D eigenvalue weighted by atomic mass is 10.2. The van der Waals surface area contributed by atoms with Gasteiger partial charge in [-0.3, -0.25) is 4.90 Å². The lowest BCUT2D eigenvalue weighted by Gasteiger charge is -2.24. The van der Waals surface area contributed by atoms with Crippen LogP contribution in [-0.2, 0) is 9.53 Å². The fourth-order valence-corrected chi connectivity index (χ4v) is 1.39. The Bertz CT molecular complexity index is 278. The smallest absolute Gasteiger partial charge is 0.548 e. The van der Waals surface area contributed by atoms with Crippen molar-refractivity contribution >= 4 is 12.1 Å². The Kier molecular flexibility index (Phi) is 3.06. The summed E-state index contributed by atoms with van der Waals surface area (Å²) in [7, 11) is 0. The van der Waals surface area contributed by atoms with Gasteiger partial charge in [-0.1, -0.05) is 0 Å². The summed E-state index contributed by atoms with van der Waals surface area (Å²) < 4.78 is 38.1. The summed E-state index contributed by atoms with van der Waals surface area (Å²) in [4.78, 5) is 21.8. The molecule has 1 saturated heterocycles. The average Bonchev–Trinajstić information content (AvgIpc) is 2.47. The van der Waals surface area contributed by atoms with Crippen molar-refractivity contribution in [1.82, 2.24) is 4.90 Å². The maximum Gasteiger partial charge on any atom is 0.576 e. The lowest BCUT2D eigenvalue weighted by Crippen LogP contribution is -2.48. The summed E-state index contributed by atoms with van der Waals surface area (Å²) in [6.45, 7) is -0.0758. The van der Waals surface area contributed by atoms with Crippen molar-refractivity contribution in [2.75, 3.05) is 6.54 Å². The highest BCUT2D eigenvalue weighted by atomic mass is 19.4. The topological polar surface area (TPSA) is 69.7 Å². The first-order chi connectivity index (χ1) is 6.81. The molecule has 0 radical (unpaired) electrons. The van der Waals surface area contributed by atoms with Crippen molar-refractivity contribution in [3.63, 3.8) is 0 Å². The number of likely N-dealkylation sites (tertiary alicyclic amines) is 1. The second-order valence-corrected chi connectivity index (χ2v) is 2.98. The molecule has 0 saturated carbocycles. The molecule has 0 aliphatic carbocycles. The van der Waals surface area contributed by atoms with Gasteiger partial charge < -0.3 is 14.6 Å². The zero-order valence-corrected chi connectivity index (χ0v) is 7.41. The summed E-state index contributed by atoms with van der Waals surface area (Å²) in [6.07, 6.45) is -6.41. The van der Waals surface area contributed by atoms with E-state index in [2.05, 4.69) is 4.74 Å². The predicted octanol–water partition coefficient (Wildman–Crippen LogP) is -0.143. The molecule has 1 aliphatic rings. The van der Waals surface area contributed by atoms with E-state index in [1.165, 1.54) is 0 Å². The highest BCUT2D eigenvalue weighted by Crippen LogP contribution is 2.22. The van der Waals surface area contributed by atoms with Crippen LogP contribution in [0.3, 0.4) is 0 Å². The molecule has 0 aromatic carbocycles. The third-order valence-corrected chi connectivity index (χ3v) is 1.96. The Morgan fingerprint density at radius 3 is 2.47 bits per heavy atom. The van der Waals surface area contributed by atoms with Crippen molar-refractivity contribution in [2.45, 2.75) is 25.2 Å². The van der Waals surface area contributed by atoms with Crippen LogP contribution in [0.2, 0.25) is 0 Å². The van der Waals surface area contributed by atoms with Gasteiger partial charge in [0.2, 0.25) is 0 Å². The second kappa shape index (κ2) is 3.95. The summed E-state index contributed by atoms with van der Waals surface area (Å²) in [5.74, 6) is -1.58. The van der Waals surface area contributed by atoms with Gasteiger partial charge in [-0.15, -0.1) is 13.2 Å². The number of ether oxygens (including phenoxy) is 1. The van der Waals surface area contributed by atoms with Gasteiger partial charge in [0.15, 0.2) is 0 Å². The van der Waals surface area contributed by atoms with Gasteiger partial charge in [-0.2, -0.15) is 0 Å². The Balaban J connectivity index is 2.63. The monoisotopic (exact) mass is 226 g/mol. The van der Waals surface area contributed by atoms with E-state index in [0.717, 1.165) is 0 Å². The van der Waals surface area contributed by atoms with Gasteiger partial charge in [-0.25, -0.2) is 4.79 Å². The van der Waals surface area contributed by atoms with E-state index >= 15 is 0 Å². The van der Waals surface area contributed by atoms with E-state index in [9.17, 15) is 27.9 Å². The first-order valence-corrected chi connectivity index (χ1v) is 4.08. The molecular formula is C7H7F3NO4-. The fraction of sp³-hybridized carbons (Fsp3) is 0.714. The van der Waals surface area contributed by atoms with Gasteiger partial charge >= 0.3 is 12.5 Å². The highest BCUT2D eigenvalue weighted by molar-refractivity contribution is 5.79. The van der Waals surface area contributed by atoms with Gasteiger partial charge in [0.05, 0.1) is 12.0 Å². The number of nitrogens with zero attached hydrogens (tertiary/aromatic N) is 1. The quantitative estimate of drug-likeness (QED) is 0.623. The standard InChI is InChI=1S/C7H8F3NO4/c8-7(9,10)15-6(14)11-3-1-2-4(11)5(12)13/h4H,1-3H2,(H,12,13)/p-1. The number of rotatable bonds is 1. The van der Waals surface area contributed by atoms with Crippen LogP contribution in [0.5, 0.6) is 0 Å². The first kappa shape index (κ1) is 11.6. The molecule has 1 amide bonds. The molecule has 15 heavy (non-hydrogen) atoms. The number of halogens is 3. The van der Waals surface area contributed by atoms with Crippen LogP contribution in [-0.4, -0.2) is 35.9 Å². The van der Waals surface area contributed by atoms with E-state index < -0.39 is 24.5 Å². The van der Waals surface area contributed by atoms with Gasteiger partial charge in [0.1, 0.15) is 0 Å². The van der Waals surface area contributed by atoms with E-state index in [-0.39, 0.29) is 13.0 Å². The minimum Gasteiger partial charge on any atom is -0.548 e. The van der Waals surface area contributed by atoms with Crippen LogP contribution in [0.1, 0.15) is 12.8 Å². The Labute approximate surface area is 82.4 Å². The van der Waals surface area contributed by atoms with Crippen LogP contribution >= 0.6 is 0 Å². The Morgan fingerprint density at radius 2 is 2.00 bits per heavy atom. The second-order valence-electron chi connectivity index (χ2n) is 2.98. The van der Waals surface area contributed by atoms with Crippen molar-refractivity contribution in [3.8, 4) is 0 Å². The Morgan fingerprint density at radius 1 is 1.40 bits per heavy atom. The van der Waals surface area contributed by atoms with E-state index in [1.54, 1.807) is 0 Å². The van der Waals surface area contributed by atoms with E-state index in [1.807, 2.05) is 0 Å². The van der Waals surface area contributed by atoms with Crippen molar-refractivity contribution in [1.29, 1.82) is 0 Å². The van der Waals surface area contributed by atoms with Crippen molar-refractivity contribution in [2.24, 2.45) is 0 Å². The van der Waals surface area contributed by atoms with Gasteiger partial charge in [0.25, 0.3) is 0 Å². The molecule has 1 aliphatic heterocycles. The van der Waals surface area contributed by atoms with Crippen LogP contribution in [0.25, 0.3) is 0 Å². The third-order valence-electron chi connectivity index (χ3n) is 1.96. The third kappa shape index (κ3) is 3.00. The average molecular weight is 226 g/mol. The SMILES string of the molecule is O=C([O-])C1CCCN1C(=O)OC(F)(F)F. The molecule has 1 unspecified atom stereocenters. The van der Waals surface area contributed by atoms with Crippen LogP contribution in [0.4, 0.5) is 18.0 Å². The highest BCUT2D eigenvalue weighted by Gasteiger charge is 2.39. The maximum absolute atomic E-state index is 11.7. The predicted molar refractivity (Wildman–Crippen MR) is 37.3 cm³/mol. The number of carboxylic acids is 1. The summed E-state index contributed by atoms with van der Waals surface area (Å²) in [5.41, 5.74) is 0. The number of amides is 1. The number of hydrogen-bond acceptors (Lipinski definition) is 4. The molecular weight excluding hydrogens is 219 g/mol. The number of carbonyl (C=O) groups is 2. The number of carbonyl (C=O) groups excluding carboxylic acids is 2. The fourth-order valence-electron chi connectivity index (χ4n) is 1.39. The largest absolute Gasteiger partial charge is 0.576 e. The molecule has 1 rings (SSSR count). The number of carboxylic acid groups (broad SMARTS) is 1. The zero-order chi connectivity index (χ0) is 11.6. The van der Waals surface area contributed by atoms with Crippen LogP contribution in [0.15, 0.2) is 0 Å². The lowest BCUT2D eigenvalue weighted by molar-refractivity contribution is -0.314. The van der Waals surface area contributed by atoms with E-state index in [0.29, 0.717) is 11.3 Å². The Hall–Kier alpha value is -1.47. The molecule has 0 aromatic heterocycles. The van der Waals surface area contributed by atoms with Gasteiger partial charge in [-0.05, 0) is 12.8 Å². The number of alkyl halides is 3. The van der Waals surface area contributed by atoms with Crippen LogP contribution < -0.4 is 5.11 Å². The number of aliphatic carboxylic acids is 1. The minimum atomic E-state index is -5.10. The molecule has 5 nitrogen and oxygen atoms in total. The molecule has 8 heteroatoms. The van der Waals surface area contributed by atoms with Gasteiger partial charge in [0, 0.05) is 6.54 Å². The summed E-state index contributed by atoms with van der Waals surface area (Å²) in [5, 5.41) is 10.4. The molecule has 0 bridgehead atoms. The first-order valence-electron chi connectivity index (χ1n) is 4.08. The molecule has 86 valence electrons. The van der Waals surface area contributed by atoms with E-state index in [4.69, 9.17) is 0 Å². The molecule has 0 aromatic rings. The minimum absolute atomic E-state index is 0.0758. The van der Waals surface area contributed by atoms with Crippen LogP contribution in [0, 0.1) is 0 Å². The summed E-state index contributed by atoms with van der Waals surface area (Å²) in [6, 6.07) is -1.33. The zero-order valence-electron chi connectivity index (χ0n) is 7.41. The molecule has 1 heterocycles. The number of hydrogen-bond donors (Lipinski definition) is 0. The summed E-state index contributed by atoms with van der Waals surface area (Å²) >= 11 is 0. The normalized spacial score (nSPS) is 21.5. The van der Waals surface area contributed by atoms with Crippen molar-refractivity contribution < 1.29 is 32.6 Å². The molecule has 1 atom stereocenters. The van der Waals surface area contributed by atoms with Crippen molar-refractivity contribution in [3.05, 3.63) is 0 Å². The molecule has 0 spiro atoms. The molecule has 0 N–H and O–H groups in total. The maximum atomic E-state index is 11.7. The molecule has 1 fully saturated rings.